The van der Waals surface area contributed by atoms with E-state index in [-0.39, 0.29) is 30.4 Å². The number of hydrogen-bond acceptors (Lipinski definition) is 8. The van der Waals surface area contributed by atoms with Gasteiger partial charge in [0.05, 0.1) is 18.0 Å². The number of nitrogens with zero attached hydrogens (tertiary/aromatic N) is 5. The van der Waals surface area contributed by atoms with Crippen molar-refractivity contribution in [3.8, 4) is 11.6 Å². The maximum Gasteiger partial charge on any atom is 0.304 e. The zero-order chi connectivity index (χ0) is 28.8. The lowest BCUT2D eigenvalue weighted by Gasteiger charge is -2.29. The number of pyridine rings is 1. The summed E-state index contributed by atoms with van der Waals surface area (Å²) in [5.41, 5.74) is 6.40. The van der Waals surface area contributed by atoms with Crippen LogP contribution in [0.25, 0.3) is 21.1 Å². The first-order valence-electron chi connectivity index (χ1n) is 13.8. The Hall–Kier alpha value is -4.02. The van der Waals surface area contributed by atoms with E-state index >= 15 is 0 Å². The molecule has 1 aliphatic heterocycles. The highest BCUT2D eigenvalue weighted by Crippen LogP contribution is 2.39. The van der Waals surface area contributed by atoms with Gasteiger partial charge in [-0.3, -0.25) is 9.69 Å². The molecule has 2 aromatic carbocycles. The predicted molar refractivity (Wildman–Crippen MR) is 159 cm³/mol. The van der Waals surface area contributed by atoms with Crippen LogP contribution in [0, 0.1) is 6.92 Å². The third-order valence-electron chi connectivity index (χ3n) is 8.26. The molecule has 0 saturated carbocycles. The van der Waals surface area contributed by atoms with E-state index < -0.39 is 5.97 Å². The average molecular weight is 572 g/mol. The van der Waals surface area contributed by atoms with Crippen LogP contribution < -0.4 is 4.74 Å². The molecule has 0 radical (unpaired) electrons. The summed E-state index contributed by atoms with van der Waals surface area (Å²) in [6.07, 6.45) is 0.778. The van der Waals surface area contributed by atoms with Crippen molar-refractivity contribution in [2.24, 2.45) is 7.05 Å². The van der Waals surface area contributed by atoms with Crippen molar-refractivity contribution >= 4 is 38.4 Å². The van der Waals surface area contributed by atoms with E-state index in [1.54, 1.807) is 28.2 Å². The Morgan fingerprint density at radius 2 is 2.05 bits per heavy atom. The van der Waals surface area contributed by atoms with Crippen LogP contribution in [0.3, 0.4) is 0 Å². The number of aryl methyl sites for hydroxylation is 2. The molecule has 3 atom stereocenters. The molecule has 0 saturated heterocycles. The third kappa shape index (κ3) is 5.02. The van der Waals surface area contributed by atoms with Crippen LogP contribution in [0.2, 0.25) is 0 Å². The van der Waals surface area contributed by atoms with E-state index in [0.29, 0.717) is 18.8 Å². The molecule has 0 fully saturated rings. The quantitative estimate of drug-likeness (QED) is 0.247. The molecule has 1 aliphatic rings. The van der Waals surface area contributed by atoms with Crippen LogP contribution in [0.5, 0.6) is 11.6 Å². The van der Waals surface area contributed by atoms with Gasteiger partial charge in [0.2, 0.25) is 5.88 Å². The van der Waals surface area contributed by atoms with Crippen LogP contribution in [0.4, 0.5) is 0 Å². The monoisotopic (exact) mass is 571 g/mol. The van der Waals surface area contributed by atoms with Gasteiger partial charge >= 0.3 is 5.97 Å². The number of carboxylic acid groups (broad SMARTS) is 1. The highest BCUT2D eigenvalue weighted by atomic mass is 32.1. The van der Waals surface area contributed by atoms with Crippen LogP contribution in [0.15, 0.2) is 47.8 Å². The standard InChI is InChI=1S/C31H33N5O4S/c1-5-22-16-36(18(3)30-26(40-22)8-9-27(37)32-30)15-21-13-20(12-19-10-11-41-31(19)21)24(14-28(38)39)23-6-7-25-29(17(23)2)33-34-35(25)4/h6-13,18,22,24H,5,14-16H2,1-4H3,(H,32,37)(H,38,39)/t18-,22+,24+/m0/s1. The smallest absolute Gasteiger partial charge is 0.304 e. The summed E-state index contributed by atoms with van der Waals surface area (Å²) in [4.78, 5) is 18.9. The van der Waals surface area contributed by atoms with E-state index in [0.717, 1.165) is 50.8 Å². The molecule has 0 amide bonds. The van der Waals surface area contributed by atoms with Crippen molar-refractivity contribution < 1.29 is 19.7 Å². The van der Waals surface area contributed by atoms with Crippen molar-refractivity contribution in [2.45, 2.75) is 58.2 Å². The molecule has 3 aromatic heterocycles. The topological polar surface area (TPSA) is 114 Å². The molecule has 9 nitrogen and oxygen atoms in total. The number of aromatic nitrogens is 4. The lowest BCUT2D eigenvalue weighted by molar-refractivity contribution is -0.137. The minimum atomic E-state index is -0.854. The van der Waals surface area contributed by atoms with Gasteiger partial charge in [-0.1, -0.05) is 24.3 Å². The van der Waals surface area contributed by atoms with Gasteiger partial charge in [-0.2, -0.15) is 0 Å². The number of rotatable bonds is 7. The summed E-state index contributed by atoms with van der Waals surface area (Å²) in [7, 11) is 1.85. The first-order chi connectivity index (χ1) is 19.7. The van der Waals surface area contributed by atoms with Crippen molar-refractivity contribution in [1.82, 2.24) is 24.9 Å². The highest BCUT2D eigenvalue weighted by Gasteiger charge is 2.30. The number of fused-ring (bicyclic) bond motifs is 3. The normalized spacial score (nSPS) is 18.2. The van der Waals surface area contributed by atoms with Crippen LogP contribution >= 0.6 is 11.3 Å². The number of aliphatic carboxylic acids is 1. The summed E-state index contributed by atoms with van der Waals surface area (Å²) in [5, 5.41) is 31.8. The third-order valence-corrected chi connectivity index (χ3v) is 9.27. The number of carbonyl (C=O) groups is 1. The molecular formula is C31H33N5O4S. The summed E-state index contributed by atoms with van der Waals surface area (Å²) in [5.74, 6) is -0.526. The van der Waals surface area contributed by atoms with Crippen LogP contribution in [0.1, 0.15) is 66.6 Å². The molecule has 5 aromatic rings. The summed E-state index contributed by atoms with van der Waals surface area (Å²) in [6, 6.07) is 13.7. The largest absolute Gasteiger partial charge is 0.493 e. The highest BCUT2D eigenvalue weighted by molar-refractivity contribution is 7.17. The van der Waals surface area contributed by atoms with Crippen molar-refractivity contribution in [3.05, 3.63) is 75.8 Å². The molecule has 0 bridgehead atoms. The number of benzene rings is 2. The number of aromatic hydroxyl groups is 1. The molecule has 41 heavy (non-hydrogen) atoms. The van der Waals surface area contributed by atoms with Gasteiger partial charge in [-0.05, 0) is 77.6 Å². The number of ether oxygens (including phenoxy) is 1. The van der Waals surface area contributed by atoms with Crippen LogP contribution in [-0.2, 0) is 18.4 Å². The molecule has 4 heterocycles. The molecular weight excluding hydrogens is 538 g/mol. The van der Waals surface area contributed by atoms with E-state index in [2.05, 4.69) is 57.6 Å². The lowest BCUT2D eigenvalue weighted by Crippen LogP contribution is -2.34. The Labute approximate surface area is 242 Å². The van der Waals surface area contributed by atoms with Gasteiger partial charge < -0.3 is 14.9 Å². The predicted octanol–water partition coefficient (Wildman–Crippen LogP) is 5.93. The fraction of sp³-hybridized carbons (Fsp3) is 0.355. The van der Waals surface area contributed by atoms with E-state index in [9.17, 15) is 15.0 Å². The van der Waals surface area contributed by atoms with Crippen molar-refractivity contribution in [3.63, 3.8) is 0 Å². The molecule has 2 N–H and O–H groups in total. The first kappa shape index (κ1) is 27.2. The van der Waals surface area contributed by atoms with Gasteiger partial charge in [0, 0.05) is 36.8 Å². The summed E-state index contributed by atoms with van der Waals surface area (Å²) < 4.78 is 9.21. The van der Waals surface area contributed by atoms with Gasteiger partial charge in [0.1, 0.15) is 23.1 Å². The number of thiophene rings is 1. The fourth-order valence-corrected chi connectivity index (χ4v) is 6.89. The Morgan fingerprint density at radius 3 is 2.83 bits per heavy atom. The number of carboxylic acids is 1. The van der Waals surface area contributed by atoms with Crippen LogP contribution in [-0.4, -0.2) is 53.7 Å². The molecule has 212 valence electrons. The molecule has 0 unspecified atom stereocenters. The molecule has 6 rings (SSSR count). The summed E-state index contributed by atoms with van der Waals surface area (Å²) >= 11 is 1.69. The van der Waals surface area contributed by atoms with Gasteiger partial charge in [-0.25, -0.2) is 9.67 Å². The summed E-state index contributed by atoms with van der Waals surface area (Å²) in [6.45, 7) is 7.53. The van der Waals surface area contributed by atoms with Gasteiger partial charge in [0.25, 0.3) is 0 Å². The Balaban J connectivity index is 1.44. The second-order valence-corrected chi connectivity index (χ2v) is 11.8. The molecule has 0 spiro atoms. The Bertz CT molecular complexity index is 1760. The number of hydrogen-bond donors (Lipinski definition) is 2. The zero-order valence-electron chi connectivity index (χ0n) is 23.5. The molecule has 0 aliphatic carbocycles. The zero-order valence-corrected chi connectivity index (χ0v) is 24.4. The maximum atomic E-state index is 12.2. The van der Waals surface area contributed by atoms with Gasteiger partial charge in [0.15, 0.2) is 0 Å². The first-order valence-corrected chi connectivity index (χ1v) is 14.7. The van der Waals surface area contributed by atoms with E-state index in [1.165, 1.54) is 4.70 Å². The lowest BCUT2D eigenvalue weighted by atomic mass is 9.84. The van der Waals surface area contributed by atoms with E-state index in [1.807, 2.05) is 26.1 Å². The van der Waals surface area contributed by atoms with E-state index in [4.69, 9.17) is 4.74 Å². The second kappa shape index (κ2) is 10.8. The minimum absolute atomic E-state index is 0.0202. The average Bonchev–Trinajstić information content (AvgIpc) is 3.55. The SMILES string of the molecule is CC[C@@H]1CN(Cc2cc([C@@H](CC(=O)O)c3ccc4c(nnn4C)c3C)cc3ccsc23)[C@@H](C)c2nc(O)ccc2O1. The van der Waals surface area contributed by atoms with Crippen molar-refractivity contribution in [1.29, 1.82) is 0 Å². The minimum Gasteiger partial charge on any atom is -0.493 e. The molecule has 10 heteroatoms. The van der Waals surface area contributed by atoms with Crippen molar-refractivity contribution in [2.75, 3.05) is 6.54 Å². The Morgan fingerprint density at radius 1 is 1.22 bits per heavy atom. The van der Waals surface area contributed by atoms with Gasteiger partial charge in [-0.15, -0.1) is 16.4 Å². The maximum absolute atomic E-state index is 12.2. The Kier molecular flexibility index (Phi) is 7.13. The second-order valence-electron chi connectivity index (χ2n) is 10.8. The fourth-order valence-electron chi connectivity index (χ4n) is 6.00.